The number of carbonyl (C=O) groups is 1. The summed E-state index contributed by atoms with van der Waals surface area (Å²) in [5, 5.41) is 18.1. The summed E-state index contributed by atoms with van der Waals surface area (Å²) in [6.07, 6.45) is 0. The molecular weight excluding hydrogens is 391 g/mol. The molecule has 4 heteroatoms. The number of hydrogen-bond donors (Lipinski definition) is 1. The topological polar surface area (TPSA) is 60.4 Å². The Morgan fingerprint density at radius 3 is 1.68 bits per heavy atom. The zero-order chi connectivity index (χ0) is 16.8. The van der Waals surface area contributed by atoms with Crippen LogP contribution in [0, 0.1) is 7.14 Å². The number of carbonyl (C=O) groups excluding carboxylic acids is 1. The maximum absolute atomic E-state index is 9.26. The largest absolute Gasteiger partial charge is 0.550 e. The number of phenols is 1. The summed E-state index contributed by atoms with van der Waals surface area (Å²) in [7, 11) is 0. The van der Waals surface area contributed by atoms with Crippen LogP contribution in [0.3, 0.4) is 0 Å². The first-order valence-corrected chi connectivity index (χ1v) is 9.06. The lowest BCUT2D eigenvalue weighted by atomic mass is 9.87. The average Bonchev–Trinajstić information content (AvgIpc) is 2.40. The van der Waals surface area contributed by atoms with Gasteiger partial charge in [-0.25, -0.2) is 0 Å². The molecule has 2 aromatic carbocycles. The van der Waals surface area contributed by atoms with Gasteiger partial charge in [-0.05, 0) is 54.3 Å². The highest BCUT2D eigenvalue weighted by Gasteiger charge is 2.18. The fourth-order valence-electron chi connectivity index (χ4n) is 1.64. The number of carboxylic acids is 1. The SMILES string of the molecule is CC(=O)[O-].CC(C)(C)c1ccc([I+]c2ccc(O)cc2)cc1. The molecule has 0 aliphatic heterocycles. The number of halogens is 1. The van der Waals surface area contributed by atoms with E-state index >= 15 is 0 Å². The molecule has 0 aliphatic carbocycles. The van der Waals surface area contributed by atoms with E-state index in [1.807, 2.05) is 12.1 Å². The monoisotopic (exact) mass is 412 g/mol. The molecule has 0 saturated carbocycles. The van der Waals surface area contributed by atoms with Gasteiger partial charge in [-0.15, -0.1) is 0 Å². The van der Waals surface area contributed by atoms with E-state index in [-0.39, 0.29) is 26.6 Å². The lowest BCUT2D eigenvalue weighted by Crippen LogP contribution is -3.61. The maximum atomic E-state index is 9.26. The van der Waals surface area contributed by atoms with Crippen molar-refractivity contribution in [3.8, 4) is 5.75 Å². The summed E-state index contributed by atoms with van der Waals surface area (Å²) in [4.78, 5) is 8.89. The van der Waals surface area contributed by atoms with Crippen molar-refractivity contribution in [2.45, 2.75) is 33.1 Å². The Bertz CT molecular complexity index is 592. The van der Waals surface area contributed by atoms with Crippen LogP contribution in [-0.2, 0) is 10.2 Å². The van der Waals surface area contributed by atoms with Crippen LogP contribution in [0.25, 0.3) is 0 Å². The Kier molecular flexibility index (Phi) is 6.87. The molecule has 0 aliphatic rings. The third-order valence-electron chi connectivity index (χ3n) is 2.76. The molecule has 118 valence electrons. The molecule has 22 heavy (non-hydrogen) atoms. The van der Waals surface area contributed by atoms with E-state index in [0.29, 0.717) is 5.75 Å². The van der Waals surface area contributed by atoms with E-state index < -0.39 is 5.97 Å². The minimum absolute atomic E-state index is 0.145. The van der Waals surface area contributed by atoms with Crippen molar-refractivity contribution >= 4 is 5.97 Å². The zero-order valence-electron chi connectivity index (χ0n) is 13.3. The van der Waals surface area contributed by atoms with Gasteiger partial charge in [0.2, 0.25) is 0 Å². The van der Waals surface area contributed by atoms with Crippen LogP contribution >= 0.6 is 0 Å². The number of carboxylic acid groups (broad SMARTS) is 1. The van der Waals surface area contributed by atoms with Gasteiger partial charge < -0.3 is 15.0 Å². The molecule has 1 N–H and O–H groups in total. The van der Waals surface area contributed by atoms with E-state index in [9.17, 15) is 5.11 Å². The highest BCUT2D eigenvalue weighted by molar-refractivity contribution is 5.60. The van der Waals surface area contributed by atoms with Gasteiger partial charge in [-0.1, -0.05) is 32.9 Å². The Hall–Kier alpha value is -1.56. The molecule has 0 bridgehead atoms. The van der Waals surface area contributed by atoms with Crippen molar-refractivity contribution in [3.63, 3.8) is 0 Å². The number of benzene rings is 2. The van der Waals surface area contributed by atoms with Crippen molar-refractivity contribution < 1.29 is 36.2 Å². The van der Waals surface area contributed by atoms with Gasteiger partial charge in [0, 0.05) is 5.97 Å². The second-order valence-electron chi connectivity index (χ2n) is 5.82. The van der Waals surface area contributed by atoms with Gasteiger partial charge in [0.05, 0.1) is 0 Å². The summed E-state index contributed by atoms with van der Waals surface area (Å²) < 4.78 is 2.74. The summed E-state index contributed by atoms with van der Waals surface area (Å²) in [6, 6.07) is 16.5. The first-order valence-electron chi connectivity index (χ1n) is 6.90. The lowest BCUT2D eigenvalue weighted by molar-refractivity contribution is -0.597. The molecule has 0 atom stereocenters. The highest BCUT2D eigenvalue weighted by Crippen LogP contribution is 2.20. The normalized spacial score (nSPS) is 10.5. The van der Waals surface area contributed by atoms with Crippen molar-refractivity contribution in [1.82, 2.24) is 0 Å². The summed E-state index contributed by atoms with van der Waals surface area (Å²) >= 11 is -0.145. The van der Waals surface area contributed by atoms with Crippen LogP contribution in [-0.4, -0.2) is 11.1 Å². The van der Waals surface area contributed by atoms with Crippen molar-refractivity contribution in [2.24, 2.45) is 0 Å². The smallest absolute Gasteiger partial charge is 0.357 e. The van der Waals surface area contributed by atoms with Crippen molar-refractivity contribution in [3.05, 3.63) is 61.2 Å². The van der Waals surface area contributed by atoms with Gasteiger partial charge in [0.1, 0.15) is 5.75 Å². The molecule has 0 spiro atoms. The Morgan fingerprint density at radius 1 is 0.955 bits per heavy atom. The summed E-state index contributed by atoms with van der Waals surface area (Å²) in [5.41, 5.74) is 1.59. The Morgan fingerprint density at radius 2 is 1.32 bits per heavy atom. The molecule has 2 aromatic rings. The van der Waals surface area contributed by atoms with E-state index in [1.165, 1.54) is 12.7 Å². The van der Waals surface area contributed by atoms with Gasteiger partial charge in [-0.2, -0.15) is 0 Å². The lowest BCUT2D eigenvalue weighted by Gasteiger charge is -2.18. The molecule has 0 radical (unpaired) electrons. The minimum Gasteiger partial charge on any atom is -0.550 e. The summed E-state index contributed by atoms with van der Waals surface area (Å²) in [6.45, 7) is 7.67. The average molecular weight is 412 g/mol. The second kappa shape index (κ2) is 8.17. The van der Waals surface area contributed by atoms with Gasteiger partial charge >= 0.3 is 21.2 Å². The minimum atomic E-state index is -1.08. The molecule has 0 unspecified atom stereocenters. The fourth-order valence-corrected chi connectivity index (χ4v) is 3.80. The summed E-state index contributed by atoms with van der Waals surface area (Å²) in [5.74, 6) is -0.745. The van der Waals surface area contributed by atoms with Gasteiger partial charge in [0.25, 0.3) is 0 Å². The molecule has 0 fully saturated rings. The molecule has 0 aromatic heterocycles. The van der Waals surface area contributed by atoms with Crippen molar-refractivity contribution in [2.75, 3.05) is 0 Å². The van der Waals surface area contributed by atoms with Crippen LogP contribution in [0.5, 0.6) is 5.75 Å². The van der Waals surface area contributed by atoms with E-state index in [4.69, 9.17) is 9.90 Å². The van der Waals surface area contributed by atoms with Crippen LogP contribution in [0.4, 0.5) is 0 Å². The van der Waals surface area contributed by atoms with Crippen LogP contribution in [0.1, 0.15) is 33.3 Å². The van der Waals surface area contributed by atoms with E-state index in [0.717, 1.165) is 6.92 Å². The van der Waals surface area contributed by atoms with E-state index in [2.05, 4.69) is 45.0 Å². The number of hydrogen-bond acceptors (Lipinski definition) is 3. The van der Waals surface area contributed by atoms with Gasteiger partial charge in [0.15, 0.2) is 7.14 Å². The maximum Gasteiger partial charge on any atom is 0.357 e. The zero-order valence-corrected chi connectivity index (χ0v) is 15.4. The third-order valence-corrected chi connectivity index (χ3v) is 5.44. The standard InChI is InChI=1S/C16H17IO.C2H4O2/c1-16(2,3)12-4-6-13(7-5-12)17-14-8-10-15(18)11-9-14;1-2(3)4/h4-11H,1-3H3;1H3,(H,3,4). The van der Waals surface area contributed by atoms with Crippen LogP contribution < -0.4 is 26.3 Å². The molecule has 0 amide bonds. The fraction of sp³-hybridized carbons (Fsp3) is 0.278. The van der Waals surface area contributed by atoms with Crippen molar-refractivity contribution in [1.29, 1.82) is 0 Å². The molecular formula is C18H21IO3. The number of phenolic OH excluding ortho intramolecular Hbond substituents is 1. The van der Waals surface area contributed by atoms with E-state index in [1.54, 1.807) is 12.1 Å². The number of aliphatic carboxylic acids is 1. The van der Waals surface area contributed by atoms with Gasteiger partial charge in [-0.3, -0.25) is 0 Å². The third kappa shape index (κ3) is 6.93. The quantitative estimate of drug-likeness (QED) is 0.682. The number of rotatable bonds is 2. The predicted molar refractivity (Wildman–Crippen MR) is 81.3 cm³/mol. The Balaban J connectivity index is 0.000000541. The molecule has 3 nitrogen and oxygen atoms in total. The molecule has 2 rings (SSSR count). The highest BCUT2D eigenvalue weighted by atomic mass is 127. The second-order valence-corrected chi connectivity index (χ2v) is 8.85. The molecule has 0 heterocycles. The Labute approximate surface area is 142 Å². The molecule has 0 saturated heterocycles. The van der Waals surface area contributed by atoms with Crippen LogP contribution in [0.2, 0.25) is 0 Å². The predicted octanol–water partition coefficient (Wildman–Crippen LogP) is -0.426. The number of aromatic hydroxyl groups is 1. The first-order chi connectivity index (χ1) is 10.2. The first kappa shape index (κ1) is 18.5. The van der Waals surface area contributed by atoms with Crippen LogP contribution in [0.15, 0.2) is 48.5 Å².